The van der Waals surface area contributed by atoms with Gasteiger partial charge in [-0.3, -0.25) is 9.59 Å². The topological polar surface area (TPSA) is 72.5 Å². The fourth-order valence-corrected chi connectivity index (χ4v) is 2.65. The maximum Gasteiger partial charge on any atom is 0.339 e. The van der Waals surface area contributed by atoms with Crippen molar-refractivity contribution < 1.29 is 19.1 Å². The Morgan fingerprint density at radius 3 is 2.19 bits per heavy atom. The van der Waals surface area contributed by atoms with Crippen LogP contribution in [-0.2, 0) is 9.53 Å². The van der Waals surface area contributed by atoms with Gasteiger partial charge in [-0.25, -0.2) is 4.79 Å². The van der Waals surface area contributed by atoms with Crippen molar-refractivity contribution in [3.63, 3.8) is 0 Å². The molecule has 2 aromatic rings. The summed E-state index contributed by atoms with van der Waals surface area (Å²) in [6.45, 7) is 8.87. The molecule has 0 fully saturated rings. The molecule has 0 bridgehead atoms. The summed E-state index contributed by atoms with van der Waals surface area (Å²) in [7, 11) is 0. The van der Waals surface area contributed by atoms with E-state index in [9.17, 15) is 14.4 Å². The molecule has 0 aliphatic carbocycles. The molecular weight excluding hydrogens is 342 g/mol. The smallest absolute Gasteiger partial charge is 0.339 e. The van der Waals surface area contributed by atoms with E-state index >= 15 is 0 Å². The predicted molar refractivity (Wildman–Crippen MR) is 104 cm³/mol. The van der Waals surface area contributed by atoms with Gasteiger partial charge in [-0.15, -0.1) is 0 Å². The van der Waals surface area contributed by atoms with Gasteiger partial charge >= 0.3 is 5.97 Å². The molecule has 0 heterocycles. The molecule has 142 valence electrons. The fourth-order valence-electron chi connectivity index (χ4n) is 2.65. The number of benzene rings is 2. The molecule has 1 N–H and O–H groups in total. The highest BCUT2D eigenvalue weighted by molar-refractivity contribution is 6.15. The van der Waals surface area contributed by atoms with Crippen LogP contribution in [0.3, 0.4) is 0 Å². The number of carbonyl (C=O) groups is 3. The van der Waals surface area contributed by atoms with Crippen LogP contribution in [0, 0.1) is 13.8 Å². The summed E-state index contributed by atoms with van der Waals surface area (Å²) in [4.78, 5) is 37.3. The zero-order valence-corrected chi connectivity index (χ0v) is 16.4. The third-order valence-electron chi connectivity index (χ3n) is 3.88. The molecule has 0 spiro atoms. The van der Waals surface area contributed by atoms with Crippen molar-refractivity contribution >= 4 is 17.7 Å². The van der Waals surface area contributed by atoms with Gasteiger partial charge < -0.3 is 10.1 Å². The number of ketones is 1. The molecule has 5 heteroatoms. The minimum absolute atomic E-state index is 0.145. The van der Waals surface area contributed by atoms with Crippen molar-refractivity contribution in [2.75, 3.05) is 6.61 Å². The Hall–Kier alpha value is -2.95. The van der Waals surface area contributed by atoms with Crippen molar-refractivity contribution in [1.29, 1.82) is 0 Å². The molecule has 0 radical (unpaired) electrons. The van der Waals surface area contributed by atoms with E-state index in [0.29, 0.717) is 5.56 Å². The average molecular weight is 367 g/mol. The first-order valence-electron chi connectivity index (χ1n) is 8.77. The van der Waals surface area contributed by atoms with Gasteiger partial charge in [0, 0.05) is 16.7 Å². The van der Waals surface area contributed by atoms with Gasteiger partial charge in [0.15, 0.2) is 12.4 Å². The molecule has 0 unspecified atom stereocenters. The normalized spacial score (nSPS) is 11.0. The van der Waals surface area contributed by atoms with E-state index in [0.717, 1.165) is 11.1 Å². The van der Waals surface area contributed by atoms with Crippen LogP contribution >= 0.6 is 0 Å². The molecule has 0 saturated heterocycles. The van der Waals surface area contributed by atoms with E-state index in [2.05, 4.69) is 5.32 Å². The number of rotatable bonds is 5. The number of nitrogens with one attached hydrogen (secondary N) is 1. The van der Waals surface area contributed by atoms with E-state index in [4.69, 9.17) is 4.74 Å². The summed E-state index contributed by atoms with van der Waals surface area (Å²) in [5, 5.41) is 2.72. The molecule has 0 aliphatic rings. The fraction of sp³-hybridized carbons (Fsp3) is 0.318. The first-order chi connectivity index (χ1) is 12.6. The first kappa shape index (κ1) is 20.4. The second-order valence-corrected chi connectivity index (χ2v) is 7.57. The van der Waals surface area contributed by atoms with Crippen molar-refractivity contribution in [3.8, 4) is 0 Å². The van der Waals surface area contributed by atoms with Crippen LogP contribution in [0.4, 0.5) is 0 Å². The Labute approximate surface area is 159 Å². The molecule has 2 aromatic carbocycles. The van der Waals surface area contributed by atoms with E-state index in [1.807, 2.05) is 46.8 Å². The third-order valence-corrected chi connectivity index (χ3v) is 3.88. The van der Waals surface area contributed by atoms with Crippen LogP contribution in [0.15, 0.2) is 42.5 Å². The minimum Gasteiger partial charge on any atom is -0.452 e. The number of aryl methyl sites for hydroxylation is 2. The first-order valence-corrected chi connectivity index (χ1v) is 8.77. The predicted octanol–water partition coefficient (Wildman–Crippen LogP) is 3.61. The molecule has 27 heavy (non-hydrogen) atoms. The standard InChI is InChI=1S/C22H25NO4/c1-14-10-11-15(2)18(12-14)20(25)16-8-6-7-9-17(16)21(26)27-13-19(24)23-22(3,4)5/h6-12H,13H2,1-5H3,(H,23,24). The number of esters is 1. The summed E-state index contributed by atoms with van der Waals surface area (Å²) in [5.74, 6) is -1.34. The van der Waals surface area contributed by atoms with E-state index < -0.39 is 24.0 Å². The quantitative estimate of drug-likeness (QED) is 0.647. The van der Waals surface area contributed by atoms with Gasteiger partial charge in [-0.05, 0) is 52.3 Å². The van der Waals surface area contributed by atoms with E-state index in [1.165, 1.54) is 6.07 Å². The van der Waals surface area contributed by atoms with Gasteiger partial charge in [0.05, 0.1) is 5.56 Å². The number of amides is 1. The summed E-state index contributed by atoms with van der Waals surface area (Å²) in [6.07, 6.45) is 0. The molecule has 2 rings (SSSR count). The highest BCUT2D eigenvalue weighted by atomic mass is 16.5. The SMILES string of the molecule is Cc1ccc(C)c(C(=O)c2ccccc2C(=O)OCC(=O)NC(C)(C)C)c1. The lowest BCUT2D eigenvalue weighted by Crippen LogP contribution is -2.42. The van der Waals surface area contributed by atoms with Crippen molar-refractivity contribution in [2.24, 2.45) is 0 Å². The molecule has 0 aromatic heterocycles. The molecule has 0 aliphatic heterocycles. The van der Waals surface area contributed by atoms with Crippen LogP contribution < -0.4 is 5.32 Å². The molecule has 0 saturated carbocycles. The maximum absolute atomic E-state index is 13.0. The zero-order chi connectivity index (χ0) is 20.2. The average Bonchev–Trinajstić information content (AvgIpc) is 2.59. The van der Waals surface area contributed by atoms with Gasteiger partial charge in [-0.1, -0.05) is 35.9 Å². The lowest BCUT2D eigenvalue weighted by atomic mass is 9.94. The molecular formula is C22H25NO4. The summed E-state index contributed by atoms with van der Waals surface area (Å²) in [5.41, 5.74) is 2.32. The minimum atomic E-state index is -0.701. The van der Waals surface area contributed by atoms with Gasteiger partial charge in [0.1, 0.15) is 0 Å². The third kappa shape index (κ3) is 5.51. The number of hydrogen-bond acceptors (Lipinski definition) is 4. The van der Waals surface area contributed by atoms with Crippen molar-refractivity contribution in [2.45, 2.75) is 40.2 Å². The molecule has 0 atom stereocenters. The Morgan fingerprint density at radius 1 is 0.926 bits per heavy atom. The Balaban J connectivity index is 2.22. The highest BCUT2D eigenvalue weighted by Crippen LogP contribution is 2.19. The van der Waals surface area contributed by atoms with E-state index in [-0.39, 0.29) is 16.9 Å². The van der Waals surface area contributed by atoms with Crippen molar-refractivity contribution in [3.05, 3.63) is 70.3 Å². The summed E-state index contributed by atoms with van der Waals surface area (Å²) >= 11 is 0. The van der Waals surface area contributed by atoms with Crippen LogP contribution in [-0.4, -0.2) is 29.8 Å². The maximum atomic E-state index is 13.0. The molecule has 5 nitrogen and oxygen atoms in total. The number of carbonyl (C=O) groups excluding carboxylic acids is 3. The van der Waals surface area contributed by atoms with Crippen molar-refractivity contribution in [1.82, 2.24) is 5.32 Å². The second-order valence-electron chi connectivity index (χ2n) is 7.57. The monoisotopic (exact) mass is 367 g/mol. The van der Waals surface area contributed by atoms with Gasteiger partial charge in [0.2, 0.25) is 0 Å². The number of hydrogen-bond donors (Lipinski definition) is 1. The summed E-state index contributed by atoms with van der Waals surface area (Å²) in [6, 6.07) is 12.1. The number of ether oxygens (including phenoxy) is 1. The lowest BCUT2D eigenvalue weighted by molar-refractivity contribution is -0.125. The summed E-state index contributed by atoms with van der Waals surface area (Å²) < 4.78 is 5.11. The van der Waals surface area contributed by atoms with E-state index in [1.54, 1.807) is 24.3 Å². The van der Waals surface area contributed by atoms with Crippen LogP contribution in [0.2, 0.25) is 0 Å². The Bertz CT molecular complexity index is 878. The van der Waals surface area contributed by atoms with Crippen LogP contribution in [0.1, 0.15) is 58.2 Å². The van der Waals surface area contributed by atoms with Gasteiger partial charge in [-0.2, -0.15) is 0 Å². The highest BCUT2D eigenvalue weighted by Gasteiger charge is 2.22. The van der Waals surface area contributed by atoms with Gasteiger partial charge in [0.25, 0.3) is 5.91 Å². The molecule has 1 amide bonds. The largest absolute Gasteiger partial charge is 0.452 e. The second kappa shape index (κ2) is 8.16. The zero-order valence-electron chi connectivity index (χ0n) is 16.4. The lowest BCUT2D eigenvalue weighted by Gasteiger charge is -2.20. The Morgan fingerprint density at radius 2 is 1.56 bits per heavy atom. The van der Waals surface area contributed by atoms with Crippen LogP contribution in [0.25, 0.3) is 0 Å². The van der Waals surface area contributed by atoms with Crippen LogP contribution in [0.5, 0.6) is 0 Å². The Kier molecular flexibility index (Phi) is 6.16.